The van der Waals surface area contributed by atoms with Crippen LogP contribution in [0.5, 0.6) is 0 Å². The van der Waals surface area contributed by atoms with Crippen LogP contribution in [0.4, 0.5) is 0 Å². The zero-order valence-electron chi connectivity index (χ0n) is 13.6. The second-order valence-electron chi connectivity index (χ2n) is 7.03. The highest BCUT2D eigenvalue weighted by atomic mass is 16.3. The lowest BCUT2D eigenvalue weighted by Gasteiger charge is -2.42. The Hall–Kier alpha value is -0.160. The van der Waals surface area contributed by atoms with Crippen molar-refractivity contribution in [2.75, 3.05) is 39.8 Å². The van der Waals surface area contributed by atoms with Crippen LogP contribution >= 0.6 is 0 Å². The van der Waals surface area contributed by atoms with Gasteiger partial charge in [-0.2, -0.15) is 0 Å². The minimum Gasteiger partial charge on any atom is -0.394 e. The normalized spacial score (nSPS) is 27.6. The highest BCUT2D eigenvalue weighted by Gasteiger charge is 2.30. The van der Waals surface area contributed by atoms with Crippen LogP contribution in [-0.2, 0) is 0 Å². The van der Waals surface area contributed by atoms with Gasteiger partial charge in [0.2, 0.25) is 0 Å². The zero-order chi connectivity index (χ0) is 14.6. The molecular weight excluding hydrogens is 250 g/mol. The van der Waals surface area contributed by atoms with Crippen molar-refractivity contribution >= 4 is 0 Å². The number of likely N-dealkylation sites (N-methyl/N-ethyl adjacent to an activating group) is 1. The maximum absolute atomic E-state index is 9.53. The molecule has 4 heteroatoms. The first-order valence-corrected chi connectivity index (χ1v) is 8.36. The molecule has 0 amide bonds. The Morgan fingerprint density at radius 1 is 1.20 bits per heavy atom. The van der Waals surface area contributed by atoms with Gasteiger partial charge in [-0.25, -0.2) is 0 Å². The minimum atomic E-state index is -0.151. The summed E-state index contributed by atoms with van der Waals surface area (Å²) in [5, 5.41) is 12.8. The van der Waals surface area contributed by atoms with Crippen molar-refractivity contribution in [3.63, 3.8) is 0 Å². The Morgan fingerprint density at radius 3 is 2.30 bits per heavy atom. The maximum Gasteiger partial charge on any atom is 0.0611 e. The highest BCUT2D eigenvalue weighted by Crippen LogP contribution is 2.25. The van der Waals surface area contributed by atoms with Crippen molar-refractivity contribution in [1.82, 2.24) is 15.1 Å². The van der Waals surface area contributed by atoms with Gasteiger partial charge in [-0.05, 0) is 40.2 Å². The first kappa shape index (κ1) is 16.2. The SMILES string of the molecule is CNC(C)(CO)CC(C)N1CCN(C2CCCC2)CC1. The van der Waals surface area contributed by atoms with Crippen molar-refractivity contribution in [2.24, 2.45) is 0 Å². The maximum atomic E-state index is 9.53. The lowest BCUT2D eigenvalue weighted by molar-refractivity contribution is 0.0560. The molecule has 2 aliphatic rings. The van der Waals surface area contributed by atoms with Crippen molar-refractivity contribution in [1.29, 1.82) is 0 Å². The second kappa shape index (κ2) is 7.21. The smallest absolute Gasteiger partial charge is 0.0611 e. The Labute approximate surface area is 124 Å². The molecule has 1 saturated carbocycles. The molecule has 2 atom stereocenters. The van der Waals surface area contributed by atoms with Gasteiger partial charge in [-0.1, -0.05) is 12.8 Å². The van der Waals surface area contributed by atoms with E-state index in [4.69, 9.17) is 0 Å². The molecule has 2 N–H and O–H groups in total. The summed E-state index contributed by atoms with van der Waals surface area (Å²) in [4.78, 5) is 5.30. The fourth-order valence-corrected chi connectivity index (χ4v) is 3.84. The van der Waals surface area contributed by atoms with Crippen LogP contribution < -0.4 is 5.32 Å². The van der Waals surface area contributed by atoms with E-state index in [1.807, 2.05) is 7.05 Å². The summed E-state index contributed by atoms with van der Waals surface area (Å²) in [5.74, 6) is 0. The summed E-state index contributed by atoms with van der Waals surface area (Å²) in [6.07, 6.45) is 6.69. The largest absolute Gasteiger partial charge is 0.394 e. The van der Waals surface area contributed by atoms with Gasteiger partial charge in [-0.15, -0.1) is 0 Å². The molecule has 0 aromatic rings. The molecule has 20 heavy (non-hydrogen) atoms. The summed E-state index contributed by atoms with van der Waals surface area (Å²) in [6, 6.07) is 1.40. The number of nitrogens with one attached hydrogen (secondary N) is 1. The van der Waals surface area contributed by atoms with Crippen LogP contribution in [0.2, 0.25) is 0 Å². The van der Waals surface area contributed by atoms with E-state index >= 15 is 0 Å². The summed E-state index contributed by atoms with van der Waals surface area (Å²) >= 11 is 0. The molecule has 0 bridgehead atoms. The van der Waals surface area contributed by atoms with E-state index in [2.05, 4.69) is 29.0 Å². The number of hydrogen-bond acceptors (Lipinski definition) is 4. The predicted molar refractivity (Wildman–Crippen MR) is 84.0 cm³/mol. The van der Waals surface area contributed by atoms with E-state index in [1.54, 1.807) is 0 Å². The van der Waals surface area contributed by atoms with E-state index in [-0.39, 0.29) is 12.1 Å². The zero-order valence-corrected chi connectivity index (χ0v) is 13.6. The van der Waals surface area contributed by atoms with E-state index < -0.39 is 0 Å². The molecule has 0 aromatic heterocycles. The third kappa shape index (κ3) is 3.94. The van der Waals surface area contributed by atoms with Crippen LogP contribution in [0, 0.1) is 0 Å². The molecule has 2 unspecified atom stereocenters. The Bertz CT molecular complexity index is 279. The van der Waals surface area contributed by atoms with Gasteiger partial charge < -0.3 is 10.4 Å². The molecule has 1 aliphatic heterocycles. The number of piperazine rings is 1. The number of rotatable bonds is 6. The topological polar surface area (TPSA) is 38.7 Å². The molecule has 2 rings (SSSR count). The third-order valence-electron chi connectivity index (χ3n) is 5.51. The summed E-state index contributed by atoms with van der Waals surface area (Å²) in [7, 11) is 1.95. The van der Waals surface area contributed by atoms with Gasteiger partial charge in [0.05, 0.1) is 6.61 Å². The molecule has 0 spiro atoms. The number of aliphatic hydroxyl groups excluding tert-OH is 1. The average molecular weight is 283 g/mol. The molecule has 118 valence electrons. The highest BCUT2D eigenvalue weighted by molar-refractivity contribution is 4.89. The second-order valence-corrected chi connectivity index (χ2v) is 7.03. The predicted octanol–water partition coefficient (Wildman–Crippen LogP) is 1.30. The Balaban J connectivity index is 1.77. The number of hydrogen-bond donors (Lipinski definition) is 2. The van der Waals surface area contributed by atoms with Gasteiger partial charge in [0, 0.05) is 43.8 Å². The van der Waals surface area contributed by atoms with Gasteiger partial charge in [-0.3, -0.25) is 9.80 Å². The average Bonchev–Trinajstić information content (AvgIpc) is 3.01. The van der Waals surface area contributed by atoms with Crippen LogP contribution in [-0.4, -0.2) is 72.4 Å². The molecule has 1 heterocycles. The Morgan fingerprint density at radius 2 is 1.80 bits per heavy atom. The third-order valence-corrected chi connectivity index (χ3v) is 5.51. The molecule has 1 saturated heterocycles. The molecule has 0 radical (unpaired) electrons. The lowest BCUT2D eigenvalue weighted by atomic mass is 9.93. The molecule has 4 nitrogen and oxygen atoms in total. The minimum absolute atomic E-state index is 0.151. The van der Waals surface area contributed by atoms with Crippen molar-refractivity contribution in [2.45, 2.75) is 63.6 Å². The van der Waals surface area contributed by atoms with Crippen LogP contribution in [0.3, 0.4) is 0 Å². The van der Waals surface area contributed by atoms with Gasteiger partial charge in [0.1, 0.15) is 0 Å². The summed E-state index contributed by atoms with van der Waals surface area (Å²) in [6.45, 7) is 9.44. The molecule has 0 aromatic carbocycles. The van der Waals surface area contributed by atoms with E-state index in [0.29, 0.717) is 6.04 Å². The van der Waals surface area contributed by atoms with Gasteiger partial charge >= 0.3 is 0 Å². The van der Waals surface area contributed by atoms with E-state index in [9.17, 15) is 5.11 Å². The molecule has 1 aliphatic carbocycles. The molecule has 2 fully saturated rings. The first-order valence-electron chi connectivity index (χ1n) is 8.36. The quantitative estimate of drug-likeness (QED) is 0.771. The number of nitrogens with zero attached hydrogens (tertiary/aromatic N) is 2. The van der Waals surface area contributed by atoms with Gasteiger partial charge in [0.15, 0.2) is 0 Å². The standard InChI is InChI=1S/C16H33N3O/c1-14(12-16(2,13-20)17-3)18-8-10-19(11-9-18)15-6-4-5-7-15/h14-15,17,20H,4-13H2,1-3H3. The summed E-state index contributed by atoms with van der Waals surface area (Å²) in [5.41, 5.74) is -0.151. The van der Waals surface area contributed by atoms with E-state index in [0.717, 1.165) is 12.5 Å². The molecular formula is C16H33N3O. The fourth-order valence-electron chi connectivity index (χ4n) is 3.84. The van der Waals surface area contributed by atoms with Crippen LogP contribution in [0.1, 0.15) is 46.0 Å². The van der Waals surface area contributed by atoms with Crippen molar-refractivity contribution in [3.8, 4) is 0 Å². The van der Waals surface area contributed by atoms with E-state index in [1.165, 1.54) is 51.9 Å². The number of aliphatic hydroxyl groups is 1. The fraction of sp³-hybridized carbons (Fsp3) is 1.00. The Kier molecular flexibility index (Phi) is 5.84. The van der Waals surface area contributed by atoms with Crippen LogP contribution in [0.15, 0.2) is 0 Å². The summed E-state index contributed by atoms with van der Waals surface area (Å²) < 4.78 is 0. The van der Waals surface area contributed by atoms with Gasteiger partial charge in [0.25, 0.3) is 0 Å². The monoisotopic (exact) mass is 283 g/mol. The van der Waals surface area contributed by atoms with Crippen molar-refractivity contribution < 1.29 is 5.11 Å². The lowest BCUT2D eigenvalue weighted by Crippen LogP contribution is -2.55. The first-order chi connectivity index (χ1) is 9.58. The van der Waals surface area contributed by atoms with Crippen molar-refractivity contribution in [3.05, 3.63) is 0 Å². The van der Waals surface area contributed by atoms with Crippen LogP contribution in [0.25, 0.3) is 0 Å².